The SMILES string of the molecule is CC#CCOc1ccc(-c2c[nH]c3c(=Nc4ccc(C(=O)CC(C)CCCOC(=O)c5ccccc5)c(Cl)c4)ncccc23)c(F)c1F. The zero-order valence-corrected chi connectivity index (χ0v) is 27.1. The van der Waals surface area contributed by atoms with E-state index in [1.807, 2.05) is 13.0 Å². The van der Waals surface area contributed by atoms with Gasteiger partial charge in [0.1, 0.15) is 6.61 Å². The number of hydrogen-bond donors (Lipinski definition) is 1. The quantitative estimate of drug-likeness (QED) is 0.0622. The smallest absolute Gasteiger partial charge is 0.338 e. The predicted molar refractivity (Wildman–Crippen MR) is 181 cm³/mol. The number of esters is 1. The number of ether oxygens (including phenoxy) is 2. The minimum absolute atomic E-state index is 0.0400. The molecule has 0 amide bonds. The van der Waals surface area contributed by atoms with E-state index in [9.17, 15) is 14.0 Å². The zero-order chi connectivity index (χ0) is 34.0. The molecule has 0 saturated carbocycles. The van der Waals surface area contributed by atoms with E-state index in [1.54, 1.807) is 73.9 Å². The number of Topliss-reactive ketones (excluding diaryl/α,β-unsaturated/α-hetero) is 1. The Balaban J connectivity index is 1.28. The van der Waals surface area contributed by atoms with Crippen molar-refractivity contribution < 1.29 is 27.8 Å². The van der Waals surface area contributed by atoms with E-state index in [-0.39, 0.29) is 59.1 Å². The lowest BCUT2D eigenvalue weighted by Crippen LogP contribution is -2.10. The number of carbonyl (C=O) groups excluding carboxylic acids is 2. The van der Waals surface area contributed by atoms with Crippen LogP contribution in [0.15, 0.2) is 90.2 Å². The van der Waals surface area contributed by atoms with Crippen LogP contribution in [0.4, 0.5) is 14.5 Å². The second-order valence-electron chi connectivity index (χ2n) is 11.1. The van der Waals surface area contributed by atoms with E-state index in [2.05, 4.69) is 26.8 Å². The standard InChI is InChI=1S/C38H32ClF2N3O4/c1-3-4-19-47-33-17-16-27(34(40)35(33)41)30-23-43-36-28(30)13-8-18-42-37(36)44-26-14-15-29(31(39)22-26)32(45)21-24(2)10-9-20-48-38(46)25-11-6-5-7-12-25/h5-8,11-18,22-24,43H,9-10,19-21H2,1-2H3. The van der Waals surface area contributed by atoms with Crippen molar-refractivity contribution in [2.75, 3.05) is 13.2 Å². The van der Waals surface area contributed by atoms with Crippen molar-refractivity contribution in [1.82, 2.24) is 9.97 Å². The van der Waals surface area contributed by atoms with Crippen molar-refractivity contribution in [3.8, 4) is 28.7 Å². The minimum Gasteiger partial charge on any atom is -0.478 e. The van der Waals surface area contributed by atoms with Crippen molar-refractivity contribution in [3.63, 3.8) is 0 Å². The van der Waals surface area contributed by atoms with Crippen LogP contribution in [0.5, 0.6) is 5.75 Å². The Morgan fingerprint density at radius 2 is 1.83 bits per heavy atom. The van der Waals surface area contributed by atoms with Gasteiger partial charge in [-0.25, -0.2) is 19.2 Å². The first kappa shape index (κ1) is 34.0. The molecule has 5 rings (SSSR count). The summed E-state index contributed by atoms with van der Waals surface area (Å²) in [5.74, 6) is 2.48. The van der Waals surface area contributed by atoms with E-state index in [1.165, 1.54) is 12.1 Å². The van der Waals surface area contributed by atoms with E-state index in [4.69, 9.17) is 21.1 Å². The normalized spacial score (nSPS) is 11.9. The molecule has 5 aromatic rings. The van der Waals surface area contributed by atoms with Gasteiger partial charge in [0, 0.05) is 40.9 Å². The number of benzene rings is 3. The Bertz CT molecular complexity index is 2090. The molecule has 0 spiro atoms. The summed E-state index contributed by atoms with van der Waals surface area (Å²) >= 11 is 6.55. The molecule has 0 bridgehead atoms. The van der Waals surface area contributed by atoms with Gasteiger partial charge in [-0.3, -0.25) is 4.79 Å². The van der Waals surface area contributed by atoms with Crippen LogP contribution < -0.4 is 10.2 Å². The second kappa shape index (κ2) is 16.0. The highest BCUT2D eigenvalue weighted by Gasteiger charge is 2.19. The van der Waals surface area contributed by atoms with E-state index in [0.717, 1.165) is 0 Å². The number of nitrogens with zero attached hydrogens (tertiary/aromatic N) is 2. The minimum atomic E-state index is -1.11. The molecule has 244 valence electrons. The molecule has 1 unspecified atom stereocenters. The third-order valence-corrected chi connectivity index (χ3v) is 7.92. The van der Waals surface area contributed by atoms with Gasteiger partial charge in [0.25, 0.3) is 0 Å². The van der Waals surface area contributed by atoms with Crippen LogP contribution >= 0.6 is 11.6 Å². The molecule has 48 heavy (non-hydrogen) atoms. The summed E-state index contributed by atoms with van der Waals surface area (Å²) in [6, 6.07) is 19.9. The third-order valence-electron chi connectivity index (χ3n) is 7.61. The molecule has 0 aliphatic heterocycles. The topological polar surface area (TPSA) is 93.6 Å². The number of hydrogen-bond acceptors (Lipinski definition) is 6. The molecule has 7 nitrogen and oxygen atoms in total. The monoisotopic (exact) mass is 667 g/mol. The number of fused-ring (bicyclic) bond motifs is 1. The summed E-state index contributed by atoms with van der Waals surface area (Å²) in [6.07, 6.45) is 4.72. The van der Waals surface area contributed by atoms with Crippen LogP contribution in [-0.4, -0.2) is 34.9 Å². The van der Waals surface area contributed by atoms with Crippen LogP contribution in [0.25, 0.3) is 22.0 Å². The van der Waals surface area contributed by atoms with Crippen molar-refractivity contribution in [2.45, 2.75) is 33.1 Å². The lowest BCUT2D eigenvalue weighted by atomic mass is 9.96. The number of halogens is 3. The molecule has 1 atom stereocenters. The Morgan fingerprint density at radius 3 is 2.60 bits per heavy atom. The number of ketones is 1. The molecular formula is C38H32ClF2N3O4. The number of carbonyl (C=O) groups is 2. The maximum Gasteiger partial charge on any atom is 0.338 e. The fraction of sp³-hybridized carbons (Fsp3) is 0.211. The Labute approximate surface area is 281 Å². The zero-order valence-electron chi connectivity index (χ0n) is 26.4. The molecule has 0 saturated heterocycles. The maximum absolute atomic E-state index is 15.2. The second-order valence-corrected chi connectivity index (χ2v) is 11.5. The van der Waals surface area contributed by atoms with Crippen molar-refractivity contribution in [1.29, 1.82) is 0 Å². The Kier molecular flexibility index (Phi) is 11.3. The number of aromatic nitrogens is 2. The van der Waals surface area contributed by atoms with Crippen LogP contribution in [0.1, 0.15) is 53.8 Å². The van der Waals surface area contributed by atoms with Crippen molar-refractivity contribution in [3.05, 3.63) is 118 Å². The molecule has 0 aliphatic carbocycles. The van der Waals surface area contributed by atoms with Gasteiger partial charge in [-0.05, 0) is 74.2 Å². The molecule has 1 N–H and O–H groups in total. The molecular weight excluding hydrogens is 636 g/mol. The Hall–Kier alpha value is -5.33. The number of H-pyrrole nitrogens is 1. The van der Waals surface area contributed by atoms with Gasteiger partial charge in [-0.2, -0.15) is 4.39 Å². The van der Waals surface area contributed by atoms with Crippen LogP contribution in [0.3, 0.4) is 0 Å². The molecule has 10 heteroatoms. The molecule has 0 fully saturated rings. The summed E-state index contributed by atoms with van der Waals surface area (Å²) in [6.45, 7) is 3.81. The van der Waals surface area contributed by atoms with Crippen molar-refractivity contribution >= 4 is 39.9 Å². The third kappa shape index (κ3) is 8.14. The van der Waals surface area contributed by atoms with E-state index in [0.29, 0.717) is 46.1 Å². The lowest BCUT2D eigenvalue weighted by Gasteiger charge is -2.12. The summed E-state index contributed by atoms with van der Waals surface area (Å²) in [5, 5.41) is 0.815. The van der Waals surface area contributed by atoms with Crippen LogP contribution in [-0.2, 0) is 4.74 Å². The average molecular weight is 668 g/mol. The molecule has 0 aliphatic rings. The largest absolute Gasteiger partial charge is 0.478 e. The van der Waals surface area contributed by atoms with Gasteiger partial charge in [-0.1, -0.05) is 48.7 Å². The molecule has 0 radical (unpaired) electrons. The van der Waals surface area contributed by atoms with Gasteiger partial charge in [0.15, 0.2) is 22.8 Å². The number of nitrogens with one attached hydrogen (secondary N) is 1. The highest BCUT2D eigenvalue weighted by atomic mass is 35.5. The summed E-state index contributed by atoms with van der Waals surface area (Å²) in [4.78, 5) is 37.3. The summed E-state index contributed by atoms with van der Waals surface area (Å²) < 4.78 is 40.6. The molecule has 3 aromatic carbocycles. The maximum atomic E-state index is 15.2. The average Bonchev–Trinajstić information content (AvgIpc) is 3.39. The van der Waals surface area contributed by atoms with Gasteiger partial charge in [0.05, 0.1) is 28.4 Å². The first-order valence-corrected chi connectivity index (χ1v) is 15.7. The summed E-state index contributed by atoms with van der Waals surface area (Å²) in [7, 11) is 0. The number of rotatable bonds is 12. The van der Waals surface area contributed by atoms with Gasteiger partial charge in [-0.15, -0.1) is 5.92 Å². The van der Waals surface area contributed by atoms with E-state index >= 15 is 4.39 Å². The highest BCUT2D eigenvalue weighted by molar-refractivity contribution is 6.34. The van der Waals surface area contributed by atoms with Crippen molar-refractivity contribution in [2.24, 2.45) is 10.9 Å². The fourth-order valence-electron chi connectivity index (χ4n) is 5.16. The van der Waals surface area contributed by atoms with Gasteiger partial charge >= 0.3 is 5.97 Å². The lowest BCUT2D eigenvalue weighted by molar-refractivity contribution is 0.0492. The summed E-state index contributed by atoms with van der Waals surface area (Å²) in [5.41, 5.74) is 2.57. The Morgan fingerprint density at radius 1 is 1.02 bits per heavy atom. The first-order chi connectivity index (χ1) is 23.3. The van der Waals surface area contributed by atoms with E-state index < -0.39 is 11.6 Å². The molecule has 2 heterocycles. The van der Waals surface area contributed by atoms with Crippen LogP contribution in [0, 0.1) is 29.4 Å². The predicted octanol–water partition coefficient (Wildman–Crippen LogP) is 8.64. The van der Waals surface area contributed by atoms with Crippen LogP contribution in [0.2, 0.25) is 5.02 Å². The first-order valence-electron chi connectivity index (χ1n) is 15.3. The number of aromatic amines is 1. The molecule has 2 aromatic heterocycles. The van der Waals surface area contributed by atoms with Gasteiger partial charge in [0.2, 0.25) is 5.82 Å². The van der Waals surface area contributed by atoms with Gasteiger partial charge < -0.3 is 14.5 Å². The fourth-order valence-corrected chi connectivity index (χ4v) is 5.44. The highest BCUT2D eigenvalue weighted by Crippen LogP contribution is 2.33.